The quantitative estimate of drug-likeness (QED) is 0.0331. The van der Waals surface area contributed by atoms with Crippen LogP contribution >= 0.6 is 69.6 Å². The summed E-state index contributed by atoms with van der Waals surface area (Å²) in [5.74, 6) is 0.582. The Morgan fingerprint density at radius 3 is 0.993 bits per heavy atom. The van der Waals surface area contributed by atoms with Gasteiger partial charge in [-0.1, -0.05) is 338 Å². The lowest BCUT2D eigenvalue weighted by atomic mass is 9.80. The van der Waals surface area contributed by atoms with Crippen LogP contribution in [0.15, 0.2) is 449 Å². The number of benzene rings is 17. The monoisotopic (exact) mass is 2040 g/mol. The molecule has 0 bridgehead atoms. The topological polar surface area (TPSA) is 247 Å². The summed E-state index contributed by atoms with van der Waals surface area (Å²) in [5.41, 5.74) is 27.3. The van der Waals surface area contributed by atoms with Gasteiger partial charge in [0.05, 0.1) is 86.3 Å². The number of nitriles is 1. The third-order valence-corrected chi connectivity index (χ3v) is 25.4. The van der Waals surface area contributed by atoms with Crippen molar-refractivity contribution in [2.24, 2.45) is 0 Å². The Hall–Kier alpha value is -17.6. The minimum atomic E-state index is -1.50. The number of nitrogens with zero attached hydrogens (tertiary/aromatic N) is 14. The fraction of sp³-hybridized carbons (Fsp3) is 0. The van der Waals surface area contributed by atoms with Crippen LogP contribution in [0.3, 0.4) is 0 Å². The van der Waals surface area contributed by atoms with Crippen LogP contribution in [-0.2, 0) is 0 Å². The van der Waals surface area contributed by atoms with Gasteiger partial charge < -0.3 is 34.2 Å². The Balaban J connectivity index is 0.000000122. The molecule has 8 aromatic heterocycles. The van der Waals surface area contributed by atoms with Crippen LogP contribution < -0.4 is 10.9 Å². The van der Waals surface area contributed by atoms with Gasteiger partial charge in [0.1, 0.15) is 15.5 Å². The van der Waals surface area contributed by atoms with Crippen molar-refractivity contribution in [3.05, 3.63) is 509 Å². The average Bonchev–Trinajstić information content (AvgIpc) is 1.58. The highest BCUT2D eigenvalue weighted by Gasteiger charge is 2.23. The molecule has 0 aliphatic rings. The number of hydrogen-bond acceptors (Lipinski definition) is 13. The highest BCUT2D eigenvalue weighted by molar-refractivity contribution is 6.59. The van der Waals surface area contributed by atoms with E-state index >= 15 is 0 Å². The van der Waals surface area contributed by atoms with Crippen molar-refractivity contribution >= 4 is 193 Å². The number of fused-ring (bicyclic) bond motifs is 12. The second-order valence-electron chi connectivity index (χ2n) is 33.6. The van der Waals surface area contributed by atoms with E-state index in [0.29, 0.717) is 44.7 Å². The van der Waals surface area contributed by atoms with Gasteiger partial charge >= 0.3 is 14.2 Å². The van der Waals surface area contributed by atoms with E-state index in [2.05, 4.69) is 301 Å². The molecule has 8 heterocycles. The van der Waals surface area contributed by atoms with Crippen LogP contribution in [-0.4, -0.2) is 92.9 Å². The van der Waals surface area contributed by atoms with E-state index in [9.17, 15) is 0 Å². The van der Waals surface area contributed by atoms with Crippen molar-refractivity contribution in [1.29, 1.82) is 5.26 Å². The first-order valence-corrected chi connectivity index (χ1v) is 48.7. The summed E-state index contributed by atoms with van der Waals surface area (Å²) >= 11 is 33.7. The molecular formula is C121H79B2Cl6N15O4. The molecule has 25 aromatic rings. The molecule has 0 saturated heterocycles. The molecule has 0 fully saturated rings. The van der Waals surface area contributed by atoms with Gasteiger partial charge in [0.2, 0.25) is 21.8 Å². The number of nitrogens with one attached hydrogen (secondary N) is 1. The second kappa shape index (κ2) is 46.0. The zero-order valence-corrected chi connectivity index (χ0v) is 82.7. The average molecular weight is 2040 g/mol. The molecule has 27 heteroatoms. The van der Waals surface area contributed by atoms with Gasteiger partial charge in [0.25, 0.3) is 0 Å². The predicted molar refractivity (Wildman–Crippen MR) is 605 cm³/mol. The Bertz CT molecular complexity index is 9210. The summed E-state index contributed by atoms with van der Waals surface area (Å²) in [6.45, 7) is 14.7. The number of H-pyrrole nitrogens is 1. The fourth-order valence-corrected chi connectivity index (χ4v) is 18.8. The van der Waals surface area contributed by atoms with Crippen molar-refractivity contribution in [3.8, 4) is 102 Å². The van der Waals surface area contributed by atoms with Crippen molar-refractivity contribution in [2.45, 2.75) is 0 Å². The third-order valence-electron chi connectivity index (χ3n) is 24.3. The summed E-state index contributed by atoms with van der Waals surface area (Å²) in [7, 11) is -2.84. The first-order chi connectivity index (χ1) is 72.3. The van der Waals surface area contributed by atoms with E-state index in [1.54, 1.807) is 60.7 Å². The van der Waals surface area contributed by atoms with Gasteiger partial charge in [-0.05, 0) is 213 Å². The van der Waals surface area contributed by atoms with Crippen LogP contribution in [0.4, 0.5) is 11.4 Å². The highest BCUT2D eigenvalue weighted by Crippen LogP contribution is 2.42. The Kier molecular flexibility index (Phi) is 30.8. The maximum absolute atomic E-state index is 8.69. The van der Waals surface area contributed by atoms with Crippen molar-refractivity contribution < 1.29 is 20.1 Å². The summed E-state index contributed by atoms with van der Waals surface area (Å²) in [6.07, 6.45) is 0. The number of halogens is 6. The van der Waals surface area contributed by atoms with E-state index in [0.717, 1.165) is 89.2 Å². The lowest BCUT2D eigenvalue weighted by molar-refractivity contribution is 0.424. The summed E-state index contributed by atoms with van der Waals surface area (Å²) in [6, 6.07) is 151. The minimum absolute atomic E-state index is 0.0625. The number of aromatic nitrogens is 12. The summed E-state index contributed by atoms with van der Waals surface area (Å²) in [4.78, 5) is 44.5. The van der Waals surface area contributed by atoms with Crippen LogP contribution in [0, 0.1) is 24.5 Å². The van der Waals surface area contributed by atoms with Gasteiger partial charge in [-0.2, -0.15) is 5.26 Å². The van der Waals surface area contributed by atoms with Crippen molar-refractivity contribution in [2.75, 3.05) is 0 Å². The van der Waals surface area contributed by atoms with Gasteiger partial charge in [-0.15, -0.1) is 0 Å². The van der Waals surface area contributed by atoms with Gasteiger partial charge in [0.15, 0.2) is 11.4 Å². The minimum Gasteiger partial charge on any atom is -0.423 e. The highest BCUT2D eigenvalue weighted by atomic mass is 35.5. The van der Waals surface area contributed by atoms with E-state index < -0.39 is 14.2 Å². The van der Waals surface area contributed by atoms with Crippen LogP contribution in [0.1, 0.15) is 5.56 Å². The number of hydrogen-bond donors (Lipinski definition) is 5. The number of aromatic amines is 1. The molecule has 19 nitrogen and oxygen atoms in total. The maximum atomic E-state index is 8.69. The Morgan fingerprint density at radius 1 is 0.250 bits per heavy atom. The molecule has 0 saturated carbocycles. The Labute approximate surface area is 881 Å². The normalized spacial score (nSPS) is 10.8. The molecule has 0 spiro atoms. The zero-order chi connectivity index (χ0) is 102. The SMILES string of the molecule is Clc1cc(-c2ccccc2)nc(Cl)n1.Clc1cc(Cl)nc(Cl)n1.N#Cc1cccc(B(O)O)c1.OB(O)c1ccccc1.[C-]#[N+]c1cccc(-c2cc(-c3ccccc3)nc(-n3c4ccccc4c4cc(-c5ccc6c(c5)c5ccccc5n6-c5ccccc5)ccc43)n2)c1.[C-]#[N+]c1cccc(-c2cc(-c3ccccc3)nc(Cl)n2)c1.c1ccc(-n2c3ccccc3c3cc(-c4ccc5[nH]c6ccccc6c5c4)ccc32)cc1. The molecule has 0 radical (unpaired) electrons. The summed E-state index contributed by atoms with van der Waals surface area (Å²) < 4.78 is 6.87. The molecule has 0 unspecified atom stereocenters. The smallest absolute Gasteiger partial charge is 0.423 e. The molecule has 0 atom stereocenters. The molecule has 148 heavy (non-hydrogen) atoms. The lowest BCUT2D eigenvalue weighted by Crippen LogP contribution is -2.29. The van der Waals surface area contributed by atoms with Gasteiger partial charge in [-0.3, -0.25) is 4.57 Å². The molecule has 0 amide bonds. The third kappa shape index (κ3) is 22.8. The van der Waals surface area contributed by atoms with Gasteiger partial charge in [-0.25, -0.2) is 49.6 Å². The first kappa shape index (κ1) is 99.2. The van der Waals surface area contributed by atoms with E-state index in [1.165, 1.54) is 94.4 Å². The first-order valence-electron chi connectivity index (χ1n) is 46.5. The maximum Gasteiger partial charge on any atom is 0.488 e. The molecule has 25 rings (SSSR count). The van der Waals surface area contributed by atoms with E-state index in [-0.39, 0.29) is 26.2 Å². The molecule has 710 valence electrons. The number of rotatable bonds is 12. The predicted octanol–water partition coefficient (Wildman–Crippen LogP) is 29.8. The number of para-hydroxylation sites is 6. The zero-order valence-electron chi connectivity index (χ0n) is 78.2. The standard InChI is InChI=1S/C47H29N5.C30H20N2.C17H10ClN3.C10H6Cl2N2.C7H6BNO2.C6H7BO2.C4HCl3N2/c1-48-35-16-12-15-34(27-35)42-30-41(31-13-4-2-5-14-31)49-47(50-42)52-44-22-11-9-20-38(44)40-29-33(24-26-46(40)52)32-23-25-45-39(28-32)37-19-8-10-21-43(37)51(45)36-17-6-3-7-18-36;1-2-8-22(9-3-1)32-29-13-7-5-11-24(29)26-19-21(15-17-30(26)32)20-14-16-28-25(18-20)23-10-4-6-12-27(23)31-28;1-19-14-9-5-8-13(10-14)16-11-15(20-17(18)21-16)12-6-3-2-4-7-12;11-9-6-8(13-10(12)14-9)7-4-2-1-3-5-7;9-5-6-2-1-3-7(4-6)8(10)11;8-7(9)6-4-2-1-3-5-6;5-2-1-3(6)9-4(7)8-2/h2-30H;1-19,31H;2-11H;1-6H;1-4,10-11H;1-5,8-9H;1H. The van der Waals surface area contributed by atoms with Crippen LogP contribution in [0.5, 0.6) is 0 Å². The Morgan fingerprint density at radius 2 is 0.568 bits per heavy atom. The van der Waals surface area contributed by atoms with E-state index in [1.807, 2.05) is 140 Å². The molecule has 5 N–H and O–H groups in total. The molecular weight excluding hydrogens is 1960 g/mol. The van der Waals surface area contributed by atoms with Crippen LogP contribution in [0.2, 0.25) is 31.3 Å². The van der Waals surface area contributed by atoms with Gasteiger partial charge in [0, 0.05) is 94.3 Å². The largest absolute Gasteiger partial charge is 0.488 e. The van der Waals surface area contributed by atoms with Crippen LogP contribution in [0.25, 0.3) is 193 Å². The molecule has 0 aliphatic carbocycles. The summed E-state index contributed by atoms with van der Waals surface area (Å²) in [5, 5.41) is 54.0. The van der Waals surface area contributed by atoms with E-state index in [4.69, 9.17) is 118 Å². The fourth-order valence-electron chi connectivity index (χ4n) is 17.5. The second-order valence-corrected chi connectivity index (χ2v) is 35.8. The van der Waals surface area contributed by atoms with Crippen molar-refractivity contribution in [3.63, 3.8) is 0 Å². The van der Waals surface area contributed by atoms with Crippen molar-refractivity contribution in [1.82, 2.24) is 58.6 Å². The molecule has 17 aromatic carbocycles. The molecule has 0 aliphatic heterocycles. The lowest BCUT2D eigenvalue weighted by Gasteiger charge is -2.12.